The van der Waals surface area contributed by atoms with Crippen molar-refractivity contribution in [3.05, 3.63) is 29.8 Å². The van der Waals surface area contributed by atoms with Crippen molar-refractivity contribution in [2.45, 2.75) is 5.51 Å². The normalized spacial score (nSPS) is 10.9. The third-order valence-electron chi connectivity index (χ3n) is 1.71. The third-order valence-corrected chi connectivity index (χ3v) is 2.45. The lowest BCUT2D eigenvalue weighted by Crippen LogP contribution is -2.09. The minimum absolute atomic E-state index is 0.0382. The average molecular weight is 246 g/mol. The molecule has 0 saturated heterocycles. The Morgan fingerprint density at radius 2 is 1.88 bits per heavy atom. The quantitative estimate of drug-likeness (QED) is 0.828. The molecule has 0 saturated carbocycles. The van der Waals surface area contributed by atoms with E-state index in [0.29, 0.717) is 11.3 Å². The maximum Gasteiger partial charge on any atom is 0.441 e. The Morgan fingerprint density at radius 1 is 1.25 bits per heavy atom. The minimum Gasteiger partial charge on any atom is -0.384 e. The fourth-order valence-corrected chi connectivity index (χ4v) is 1.46. The molecule has 0 aliphatic carbocycles. The summed E-state index contributed by atoms with van der Waals surface area (Å²) in [6.45, 7) is 0.232. The number of thioether (sulfide) groups is 1. The van der Waals surface area contributed by atoms with E-state index >= 15 is 0 Å². The van der Waals surface area contributed by atoms with Gasteiger partial charge in [0, 0.05) is 18.0 Å². The lowest BCUT2D eigenvalue weighted by molar-refractivity contribution is -0.0327. The number of anilines is 1. The van der Waals surface area contributed by atoms with E-state index in [1.54, 1.807) is 24.3 Å². The van der Waals surface area contributed by atoms with Gasteiger partial charge in [0.1, 0.15) is 0 Å². The van der Waals surface area contributed by atoms with Gasteiger partial charge in [-0.25, -0.2) is 0 Å². The first-order valence-corrected chi connectivity index (χ1v) is 5.44. The van der Waals surface area contributed by atoms with Gasteiger partial charge in [-0.3, -0.25) is 0 Å². The van der Waals surface area contributed by atoms with Crippen molar-refractivity contribution in [2.24, 2.45) is 0 Å². The van der Waals surface area contributed by atoms with E-state index in [-0.39, 0.29) is 24.1 Å². The van der Waals surface area contributed by atoms with Crippen LogP contribution in [0.3, 0.4) is 0 Å². The Labute approximate surface area is 95.5 Å². The van der Waals surface area contributed by atoms with E-state index in [1.807, 2.05) is 6.07 Å². The lowest BCUT2D eigenvalue weighted by Gasteiger charge is -2.07. The third kappa shape index (κ3) is 4.94. The van der Waals surface area contributed by atoms with Crippen LogP contribution < -0.4 is 5.32 Å². The van der Waals surface area contributed by atoms with Gasteiger partial charge in [0.05, 0.1) is 11.6 Å². The predicted octanol–water partition coefficient (Wildman–Crippen LogP) is 3.22. The highest BCUT2D eigenvalue weighted by atomic mass is 32.2. The van der Waals surface area contributed by atoms with Crippen molar-refractivity contribution in [1.29, 1.82) is 5.26 Å². The molecule has 1 N–H and O–H groups in total. The van der Waals surface area contributed by atoms with E-state index in [0.717, 1.165) is 0 Å². The second kappa shape index (κ2) is 5.66. The molecule has 0 bridgehead atoms. The summed E-state index contributed by atoms with van der Waals surface area (Å²) >= 11 is -0.0544. The molecule has 0 atom stereocenters. The number of benzene rings is 1. The Kier molecular flexibility index (Phi) is 4.50. The number of halogens is 3. The Balaban J connectivity index is 2.30. The summed E-state index contributed by atoms with van der Waals surface area (Å²) in [6, 6.07) is 8.51. The van der Waals surface area contributed by atoms with Gasteiger partial charge in [-0.05, 0) is 36.0 Å². The first kappa shape index (κ1) is 12.7. The van der Waals surface area contributed by atoms with Gasteiger partial charge in [0.25, 0.3) is 0 Å². The number of nitrogens with one attached hydrogen (secondary N) is 1. The van der Waals surface area contributed by atoms with Crippen LogP contribution in [-0.2, 0) is 0 Å². The molecule has 0 amide bonds. The Bertz CT molecular complexity index is 367. The van der Waals surface area contributed by atoms with Crippen LogP contribution in [0.4, 0.5) is 18.9 Å². The zero-order valence-corrected chi connectivity index (χ0v) is 9.03. The zero-order valence-electron chi connectivity index (χ0n) is 8.21. The maximum atomic E-state index is 11.8. The topological polar surface area (TPSA) is 35.8 Å². The Morgan fingerprint density at radius 3 is 2.38 bits per heavy atom. The molecule has 16 heavy (non-hydrogen) atoms. The molecule has 0 spiro atoms. The summed E-state index contributed by atoms with van der Waals surface area (Å²) in [5.41, 5.74) is -2.94. The maximum absolute atomic E-state index is 11.8. The summed E-state index contributed by atoms with van der Waals surface area (Å²) in [6.07, 6.45) is 0. The minimum atomic E-state index is -4.17. The molecule has 1 rings (SSSR count). The van der Waals surface area contributed by atoms with Crippen molar-refractivity contribution in [2.75, 3.05) is 17.6 Å². The van der Waals surface area contributed by atoms with E-state index in [1.165, 1.54) is 0 Å². The summed E-state index contributed by atoms with van der Waals surface area (Å²) in [7, 11) is 0. The van der Waals surface area contributed by atoms with Crippen molar-refractivity contribution < 1.29 is 13.2 Å². The van der Waals surface area contributed by atoms with Crippen molar-refractivity contribution in [3.8, 4) is 6.07 Å². The molecule has 0 heterocycles. The van der Waals surface area contributed by atoms with E-state index in [9.17, 15) is 13.2 Å². The SMILES string of the molecule is N#Cc1ccc(NCCSC(F)(F)F)cc1. The second-order valence-corrected chi connectivity index (χ2v) is 4.07. The molecular formula is C10H9F3N2S. The number of alkyl halides is 3. The van der Waals surface area contributed by atoms with Gasteiger partial charge in [0.15, 0.2) is 0 Å². The number of hydrogen-bond acceptors (Lipinski definition) is 3. The highest BCUT2D eigenvalue weighted by Crippen LogP contribution is 2.29. The summed E-state index contributed by atoms with van der Waals surface area (Å²) in [5.74, 6) is -0.0382. The molecule has 0 radical (unpaired) electrons. The fourth-order valence-electron chi connectivity index (χ4n) is 1.02. The van der Waals surface area contributed by atoms with E-state index < -0.39 is 5.51 Å². The van der Waals surface area contributed by atoms with Gasteiger partial charge in [-0.1, -0.05) is 0 Å². The summed E-state index contributed by atoms with van der Waals surface area (Å²) in [4.78, 5) is 0. The van der Waals surface area contributed by atoms with Gasteiger partial charge >= 0.3 is 5.51 Å². The molecule has 0 fully saturated rings. The second-order valence-electron chi connectivity index (χ2n) is 2.91. The average Bonchev–Trinajstić information content (AvgIpc) is 2.24. The van der Waals surface area contributed by atoms with E-state index in [2.05, 4.69) is 5.32 Å². The molecule has 0 aliphatic rings. The molecule has 0 unspecified atom stereocenters. The highest BCUT2D eigenvalue weighted by Gasteiger charge is 2.27. The largest absolute Gasteiger partial charge is 0.441 e. The fraction of sp³-hybridized carbons (Fsp3) is 0.300. The number of hydrogen-bond donors (Lipinski definition) is 1. The van der Waals surface area contributed by atoms with Crippen LogP contribution in [0.25, 0.3) is 0 Å². The van der Waals surface area contributed by atoms with Gasteiger partial charge in [-0.15, -0.1) is 0 Å². The van der Waals surface area contributed by atoms with Gasteiger partial charge < -0.3 is 5.32 Å². The Hall–Kier alpha value is -1.35. The molecular weight excluding hydrogens is 237 g/mol. The zero-order chi connectivity index (χ0) is 12.0. The molecule has 0 aliphatic heterocycles. The smallest absolute Gasteiger partial charge is 0.384 e. The first-order valence-electron chi connectivity index (χ1n) is 4.46. The number of nitrogens with zero attached hydrogens (tertiary/aromatic N) is 1. The van der Waals surface area contributed by atoms with Gasteiger partial charge in [-0.2, -0.15) is 18.4 Å². The number of rotatable bonds is 4. The van der Waals surface area contributed by atoms with Crippen LogP contribution >= 0.6 is 11.8 Å². The van der Waals surface area contributed by atoms with Crippen LogP contribution in [0.2, 0.25) is 0 Å². The van der Waals surface area contributed by atoms with Crippen LogP contribution in [0.1, 0.15) is 5.56 Å². The first-order chi connectivity index (χ1) is 7.51. The van der Waals surface area contributed by atoms with Crippen LogP contribution in [-0.4, -0.2) is 17.8 Å². The number of nitriles is 1. The molecule has 1 aromatic rings. The molecule has 2 nitrogen and oxygen atoms in total. The van der Waals surface area contributed by atoms with Gasteiger partial charge in [0.2, 0.25) is 0 Å². The van der Waals surface area contributed by atoms with Crippen molar-refractivity contribution in [1.82, 2.24) is 0 Å². The molecule has 6 heteroatoms. The standard InChI is InChI=1S/C10H9F3N2S/c11-10(12,13)16-6-5-15-9-3-1-8(7-14)2-4-9/h1-4,15H,5-6H2. The predicted molar refractivity (Wildman–Crippen MR) is 58.2 cm³/mol. The summed E-state index contributed by atoms with van der Waals surface area (Å²) < 4.78 is 35.3. The van der Waals surface area contributed by atoms with Crippen molar-refractivity contribution in [3.63, 3.8) is 0 Å². The van der Waals surface area contributed by atoms with E-state index in [4.69, 9.17) is 5.26 Å². The molecule has 86 valence electrons. The summed E-state index contributed by atoms with van der Waals surface area (Å²) in [5, 5.41) is 11.4. The van der Waals surface area contributed by atoms with Crippen molar-refractivity contribution >= 4 is 17.4 Å². The monoisotopic (exact) mass is 246 g/mol. The highest BCUT2D eigenvalue weighted by molar-refractivity contribution is 8.00. The van der Waals surface area contributed by atoms with Crippen LogP contribution in [0, 0.1) is 11.3 Å². The van der Waals surface area contributed by atoms with Crippen LogP contribution in [0.15, 0.2) is 24.3 Å². The lowest BCUT2D eigenvalue weighted by atomic mass is 10.2. The molecule has 0 aromatic heterocycles. The van der Waals surface area contributed by atoms with Crippen LogP contribution in [0.5, 0.6) is 0 Å². The molecule has 1 aromatic carbocycles.